The second-order valence-electron chi connectivity index (χ2n) is 5.65. The van der Waals surface area contributed by atoms with E-state index in [1.807, 2.05) is 0 Å². The van der Waals surface area contributed by atoms with Gasteiger partial charge in [-0.3, -0.25) is 0 Å². The van der Waals surface area contributed by atoms with Gasteiger partial charge in [0, 0.05) is 44.6 Å². The maximum atomic E-state index is 2.60. The first-order valence-corrected chi connectivity index (χ1v) is 10.1. The minimum atomic E-state index is 1.11. The fourth-order valence-corrected chi connectivity index (χ4v) is 4.17. The second-order valence-corrected chi connectivity index (χ2v) is 6.60. The van der Waals surface area contributed by atoms with E-state index in [-0.39, 0.29) is 0 Å². The monoisotopic (exact) mass is 313 g/mol. The summed E-state index contributed by atoms with van der Waals surface area (Å²) in [6.07, 6.45) is 3.66. The van der Waals surface area contributed by atoms with E-state index in [0.717, 1.165) is 29.9 Å². The predicted molar refractivity (Wildman–Crippen MR) is 99.6 cm³/mol. The first-order chi connectivity index (χ1) is 10.1. The van der Waals surface area contributed by atoms with Crippen LogP contribution in [0.2, 0.25) is 0 Å². The van der Waals surface area contributed by atoms with Crippen molar-refractivity contribution < 1.29 is 0 Å². The second kappa shape index (κ2) is 12.0. The van der Waals surface area contributed by atoms with Gasteiger partial charge in [0.2, 0.25) is 0 Å². The van der Waals surface area contributed by atoms with Crippen molar-refractivity contribution in [2.45, 2.75) is 60.8 Å². The Labute approximate surface area is 136 Å². The Kier molecular flexibility index (Phi) is 11.6. The van der Waals surface area contributed by atoms with Crippen molar-refractivity contribution in [2.75, 3.05) is 39.3 Å². The molecule has 0 aliphatic heterocycles. The summed E-state index contributed by atoms with van der Waals surface area (Å²) in [6, 6.07) is 0. The van der Waals surface area contributed by atoms with E-state index in [0.29, 0.717) is 0 Å². The average Bonchev–Trinajstić information content (AvgIpc) is 2.50. The highest BCUT2D eigenvalue weighted by Crippen LogP contribution is 2.18. The molecule has 0 radical (unpaired) electrons. The first kappa shape index (κ1) is 20.4. The van der Waals surface area contributed by atoms with Crippen LogP contribution in [0.1, 0.15) is 60.8 Å². The number of hydrogen-bond donors (Lipinski definition) is 0. The third-order valence-electron chi connectivity index (χ3n) is 4.02. The molecule has 0 aromatic carbocycles. The zero-order valence-corrected chi connectivity index (χ0v) is 17.7. The Morgan fingerprint density at radius 2 is 0.952 bits per heavy atom. The van der Waals surface area contributed by atoms with Gasteiger partial charge in [0.25, 0.3) is 0 Å². The molecule has 0 bridgehead atoms. The van der Waals surface area contributed by atoms with Crippen molar-refractivity contribution in [3.8, 4) is 0 Å². The van der Waals surface area contributed by atoms with E-state index >= 15 is 0 Å². The molecule has 0 aliphatic rings. The number of nitrogens with zero attached hydrogens (tertiary/aromatic N) is 3. The van der Waals surface area contributed by atoms with E-state index in [1.165, 1.54) is 44.7 Å². The minimum absolute atomic E-state index is 1.11. The molecule has 0 saturated carbocycles. The molecular formula is C17H39N3Si. The first-order valence-electron chi connectivity index (χ1n) is 9.06. The van der Waals surface area contributed by atoms with Crippen molar-refractivity contribution >= 4 is 10.2 Å². The summed E-state index contributed by atoms with van der Waals surface area (Å²) >= 11 is 0. The zero-order chi connectivity index (χ0) is 16.3. The standard InChI is InChI=1S/C17H39N3Si/c1-7-13-18(10-4)16(19(11-5)14-8-2)17(21)20(12-6)15-9-3/h7-15H2,1-6,21H3. The maximum absolute atomic E-state index is 2.60. The van der Waals surface area contributed by atoms with Gasteiger partial charge in [-0.25, -0.2) is 0 Å². The van der Waals surface area contributed by atoms with Gasteiger partial charge in [0.15, 0.2) is 0 Å². The molecule has 21 heavy (non-hydrogen) atoms. The molecule has 4 heteroatoms. The summed E-state index contributed by atoms with van der Waals surface area (Å²) in [6.45, 7) is 20.6. The number of rotatable bonds is 12. The van der Waals surface area contributed by atoms with Crippen LogP contribution in [0.5, 0.6) is 0 Å². The third kappa shape index (κ3) is 6.33. The van der Waals surface area contributed by atoms with Crippen LogP contribution in [0.4, 0.5) is 0 Å². The lowest BCUT2D eigenvalue weighted by Gasteiger charge is -2.39. The van der Waals surface area contributed by atoms with Gasteiger partial charge >= 0.3 is 0 Å². The average molecular weight is 314 g/mol. The normalized spacial score (nSPS) is 10.6. The summed E-state index contributed by atoms with van der Waals surface area (Å²) in [4.78, 5) is 7.79. The van der Waals surface area contributed by atoms with Gasteiger partial charge in [-0.15, -0.1) is 0 Å². The summed E-state index contributed by atoms with van der Waals surface area (Å²) in [5.74, 6) is 1.52. The largest absolute Gasteiger partial charge is 0.377 e. The van der Waals surface area contributed by atoms with Crippen LogP contribution in [0.25, 0.3) is 0 Å². The lowest BCUT2D eigenvalue weighted by molar-refractivity contribution is 0.205. The third-order valence-corrected chi connectivity index (χ3v) is 5.10. The maximum Gasteiger partial charge on any atom is 0.118 e. The number of hydrogen-bond acceptors (Lipinski definition) is 3. The predicted octanol–water partition coefficient (Wildman–Crippen LogP) is 2.67. The quantitative estimate of drug-likeness (QED) is 0.513. The minimum Gasteiger partial charge on any atom is -0.377 e. The fourth-order valence-electron chi connectivity index (χ4n) is 3.00. The van der Waals surface area contributed by atoms with Crippen LogP contribution < -0.4 is 0 Å². The van der Waals surface area contributed by atoms with Crippen molar-refractivity contribution in [1.29, 1.82) is 0 Å². The van der Waals surface area contributed by atoms with Crippen molar-refractivity contribution in [1.82, 2.24) is 14.7 Å². The molecular weight excluding hydrogens is 274 g/mol. The Morgan fingerprint density at radius 3 is 1.24 bits per heavy atom. The van der Waals surface area contributed by atoms with Crippen LogP contribution in [-0.2, 0) is 0 Å². The van der Waals surface area contributed by atoms with E-state index in [4.69, 9.17) is 0 Å². The molecule has 0 aliphatic carbocycles. The van der Waals surface area contributed by atoms with Crippen LogP contribution in [0.3, 0.4) is 0 Å². The highest BCUT2D eigenvalue weighted by molar-refractivity contribution is 6.21. The zero-order valence-electron chi connectivity index (χ0n) is 15.7. The molecule has 0 aromatic rings. The van der Waals surface area contributed by atoms with Crippen LogP contribution in [0.15, 0.2) is 11.1 Å². The molecule has 0 heterocycles. The molecule has 0 amide bonds. The smallest absolute Gasteiger partial charge is 0.118 e. The molecule has 0 atom stereocenters. The van der Waals surface area contributed by atoms with Crippen molar-refractivity contribution in [2.24, 2.45) is 0 Å². The molecule has 0 saturated heterocycles. The molecule has 0 unspecified atom stereocenters. The Morgan fingerprint density at radius 1 is 0.619 bits per heavy atom. The highest BCUT2D eigenvalue weighted by Gasteiger charge is 2.19. The van der Waals surface area contributed by atoms with Gasteiger partial charge in [-0.1, -0.05) is 20.8 Å². The Hall–Kier alpha value is -0.643. The van der Waals surface area contributed by atoms with Crippen molar-refractivity contribution in [3.63, 3.8) is 0 Å². The van der Waals surface area contributed by atoms with E-state index in [9.17, 15) is 0 Å². The molecule has 0 aromatic heterocycles. The van der Waals surface area contributed by atoms with E-state index < -0.39 is 0 Å². The van der Waals surface area contributed by atoms with Gasteiger partial charge < -0.3 is 14.7 Å². The fraction of sp³-hybridized carbons (Fsp3) is 0.882. The van der Waals surface area contributed by atoms with Crippen LogP contribution >= 0.6 is 0 Å². The van der Waals surface area contributed by atoms with E-state index in [2.05, 4.69) is 56.2 Å². The van der Waals surface area contributed by atoms with Gasteiger partial charge in [-0.2, -0.15) is 0 Å². The van der Waals surface area contributed by atoms with Crippen molar-refractivity contribution in [3.05, 3.63) is 11.1 Å². The Balaban J connectivity index is 5.61. The van der Waals surface area contributed by atoms with Crippen LogP contribution in [-0.4, -0.2) is 64.2 Å². The topological polar surface area (TPSA) is 9.72 Å². The SMILES string of the molecule is CCCN(CC)C([SiH3])=C(N(CC)CCC)N(CC)CCC. The van der Waals surface area contributed by atoms with Gasteiger partial charge in [0.1, 0.15) is 5.82 Å². The van der Waals surface area contributed by atoms with Gasteiger partial charge in [-0.05, 0) is 40.0 Å². The molecule has 0 rings (SSSR count). The van der Waals surface area contributed by atoms with Gasteiger partial charge in [0.05, 0.1) is 10.2 Å². The lowest BCUT2D eigenvalue weighted by Crippen LogP contribution is -2.41. The lowest BCUT2D eigenvalue weighted by atomic mass is 10.3. The highest BCUT2D eigenvalue weighted by atomic mass is 28.1. The summed E-state index contributed by atoms with van der Waals surface area (Å²) in [7, 11) is 1.12. The summed E-state index contributed by atoms with van der Waals surface area (Å²) in [5, 5.41) is 1.59. The van der Waals surface area contributed by atoms with Crippen LogP contribution in [0, 0.1) is 0 Å². The Bertz CT molecular complexity index is 276. The molecule has 126 valence electrons. The molecule has 0 N–H and O–H groups in total. The van der Waals surface area contributed by atoms with E-state index in [1.54, 1.807) is 5.32 Å². The molecule has 0 fully saturated rings. The molecule has 0 spiro atoms. The summed E-state index contributed by atoms with van der Waals surface area (Å²) < 4.78 is 0. The molecule has 3 nitrogen and oxygen atoms in total. The summed E-state index contributed by atoms with van der Waals surface area (Å²) in [5.41, 5.74) is 0.